The van der Waals surface area contributed by atoms with Crippen LogP contribution in [0.25, 0.3) is 43.5 Å². The summed E-state index contributed by atoms with van der Waals surface area (Å²) < 4.78 is 48.6. The van der Waals surface area contributed by atoms with E-state index in [-0.39, 0.29) is 50.3 Å². The maximum atomic E-state index is 13.5. The molecule has 3 saturated heterocycles. The van der Waals surface area contributed by atoms with Crippen LogP contribution in [0.4, 0.5) is 0 Å². The first-order valence-corrected chi connectivity index (χ1v) is 16.5. The fourth-order valence-corrected chi connectivity index (χ4v) is 7.40. The van der Waals surface area contributed by atoms with Crippen LogP contribution < -0.4 is 16.0 Å². The third kappa shape index (κ3) is 5.02. The number of aliphatic hydroxyl groups is 3. The van der Waals surface area contributed by atoms with Crippen molar-refractivity contribution in [2.24, 2.45) is 0 Å². The van der Waals surface area contributed by atoms with Gasteiger partial charge >= 0.3 is 11.3 Å². The molecule has 0 bridgehead atoms. The predicted octanol–water partition coefficient (Wildman–Crippen LogP) is 3.44. The summed E-state index contributed by atoms with van der Waals surface area (Å²) in [6, 6.07) is 17.2. The highest BCUT2D eigenvalue weighted by atomic mass is 16.9. The Bertz CT molecular complexity index is 2410. The Kier molecular flexibility index (Phi) is 7.58. The Balaban J connectivity index is 1.16. The second-order valence-electron chi connectivity index (χ2n) is 13.2. The van der Waals surface area contributed by atoms with Gasteiger partial charge in [-0.2, -0.15) is 0 Å². The van der Waals surface area contributed by atoms with Crippen LogP contribution in [-0.4, -0.2) is 75.9 Å². The van der Waals surface area contributed by atoms with E-state index in [4.69, 9.17) is 37.3 Å². The SMILES string of the molecule is Cc1ccc2oc(=O)c3c(O)c4cccc(O[C@@H]5O[C@@H]6OC(c7ccccc7)O[C@@H]6C[C@H]5O[C@H]5O[C@H](C)[C@H](O)[C@H](O)[C@H]5O)c4c4oc(=O)c1c2c34. The number of phenolic OH excluding ortho intramolecular Hbond substituents is 1. The number of phenols is 1. The highest BCUT2D eigenvalue weighted by Gasteiger charge is 2.51. The maximum Gasteiger partial charge on any atom is 0.348 e. The summed E-state index contributed by atoms with van der Waals surface area (Å²) in [7, 11) is 0. The molecular formula is C37H32O14. The minimum atomic E-state index is -1.62. The van der Waals surface area contributed by atoms with Gasteiger partial charge in [-0.05, 0) is 31.5 Å². The molecule has 264 valence electrons. The van der Waals surface area contributed by atoms with Crippen molar-refractivity contribution in [3.8, 4) is 11.5 Å². The van der Waals surface area contributed by atoms with E-state index in [0.29, 0.717) is 10.9 Å². The molecule has 9 rings (SSSR count). The maximum absolute atomic E-state index is 13.5. The normalized spacial score (nSPS) is 31.2. The van der Waals surface area contributed by atoms with E-state index in [2.05, 4.69) is 0 Å². The molecule has 3 fully saturated rings. The smallest absolute Gasteiger partial charge is 0.348 e. The lowest BCUT2D eigenvalue weighted by molar-refractivity contribution is -0.343. The molecule has 0 radical (unpaired) electrons. The van der Waals surface area contributed by atoms with Gasteiger partial charge in [0.25, 0.3) is 0 Å². The third-order valence-electron chi connectivity index (χ3n) is 9.98. The lowest BCUT2D eigenvalue weighted by Gasteiger charge is -2.43. The summed E-state index contributed by atoms with van der Waals surface area (Å²) in [5, 5.41) is 44.0. The lowest BCUT2D eigenvalue weighted by atomic mass is 9.96. The fourth-order valence-electron chi connectivity index (χ4n) is 7.40. The standard InChI is InChI=1S/C37H32O14/c1-14-11-12-19-24-22(14)32(42)49-31-23-17(28(39)26(25(24)31)33(43)45-19)9-6-10-18(23)46-35-20(48-37-30(41)29(40)27(38)15(2)44-37)13-21-36(51-35)50-34(47-21)16-7-4-3-5-8-16/h3-12,15,20-21,27,29-30,34-41H,13H2,1-2H3/t15-,20-,21-,27+,29+,30-,34?,35-,36+,37-/m1/s1. The van der Waals surface area contributed by atoms with Gasteiger partial charge in [0.15, 0.2) is 24.5 Å². The van der Waals surface area contributed by atoms with Gasteiger partial charge in [0, 0.05) is 28.1 Å². The number of hydrogen-bond acceptors (Lipinski definition) is 14. The first-order valence-electron chi connectivity index (χ1n) is 16.5. The number of aromatic hydroxyl groups is 1. The molecule has 0 spiro atoms. The monoisotopic (exact) mass is 700 g/mol. The van der Waals surface area contributed by atoms with Crippen molar-refractivity contribution < 1.29 is 57.7 Å². The zero-order valence-corrected chi connectivity index (χ0v) is 27.1. The molecule has 10 atom stereocenters. The van der Waals surface area contributed by atoms with Crippen molar-refractivity contribution in [2.75, 3.05) is 0 Å². The van der Waals surface area contributed by atoms with Crippen molar-refractivity contribution in [1.29, 1.82) is 0 Å². The Morgan fingerprint density at radius 2 is 1.51 bits per heavy atom. The van der Waals surface area contributed by atoms with Crippen LogP contribution in [-0.2, 0) is 23.7 Å². The molecule has 14 nitrogen and oxygen atoms in total. The molecular weight excluding hydrogens is 668 g/mol. The minimum Gasteiger partial charge on any atom is -0.506 e. The van der Waals surface area contributed by atoms with Gasteiger partial charge in [-0.1, -0.05) is 48.5 Å². The Morgan fingerprint density at radius 3 is 2.31 bits per heavy atom. The van der Waals surface area contributed by atoms with Gasteiger partial charge in [0.05, 0.1) is 16.9 Å². The van der Waals surface area contributed by atoms with Crippen LogP contribution in [0.5, 0.6) is 11.5 Å². The van der Waals surface area contributed by atoms with Crippen molar-refractivity contribution in [3.05, 3.63) is 92.6 Å². The fraction of sp³-hybridized carbons (Fsp3) is 0.351. The molecule has 0 aliphatic carbocycles. The topological polar surface area (TPSA) is 197 Å². The minimum absolute atomic E-state index is 0.0119. The number of ether oxygens (including phenoxy) is 6. The molecule has 6 aromatic rings. The van der Waals surface area contributed by atoms with Gasteiger partial charge in [0.1, 0.15) is 53.0 Å². The molecule has 14 heteroatoms. The number of fused-ring (bicyclic) bond motifs is 3. The zero-order chi connectivity index (χ0) is 35.3. The van der Waals surface area contributed by atoms with E-state index in [1.807, 2.05) is 30.3 Å². The number of benzene rings is 4. The summed E-state index contributed by atoms with van der Waals surface area (Å²) in [5.41, 5.74) is -0.00637. The average Bonchev–Trinajstić information content (AvgIpc) is 3.54. The van der Waals surface area contributed by atoms with E-state index < -0.39 is 78.8 Å². The highest BCUT2D eigenvalue weighted by molar-refractivity contribution is 6.28. The first-order chi connectivity index (χ1) is 24.6. The van der Waals surface area contributed by atoms with Crippen molar-refractivity contribution in [2.45, 2.75) is 82.1 Å². The van der Waals surface area contributed by atoms with E-state index in [1.165, 1.54) is 6.92 Å². The van der Waals surface area contributed by atoms with Crippen molar-refractivity contribution in [1.82, 2.24) is 0 Å². The molecule has 5 heterocycles. The van der Waals surface area contributed by atoms with E-state index in [0.717, 1.165) is 5.56 Å². The van der Waals surface area contributed by atoms with Gasteiger partial charge < -0.3 is 57.7 Å². The zero-order valence-electron chi connectivity index (χ0n) is 27.1. The predicted molar refractivity (Wildman–Crippen MR) is 177 cm³/mol. The van der Waals surface area contributed by atoms with Crippen LogP contribution in [0.2, 0.25) is 0 Å². The molecule has 0 saturated carbocycles. The van der Waals surface area contributed by atoms with E-state index in [1.54, 1.807) is 37.3 Å². The van der Waals surface area contributed by atoms with Gasteiger partial charge in [-0.15, -0.1) is 0 Å². The summed E-state index contributed by atoms with van der Waals surface area (Å²) >= 11 is 0. The van der Waals surface area contributed by atoms with Crippen LogP contribution in [0.3, 0.4) is 0 Å². The van der Waals surface area contributed by atoms with Crippen molar-refractivity contribution in [3.63, 3.8) is 0 Å². The number of aryl methyl sites for hydroxylation is 1. The summed E-state index contributed by atoms with van der Waals surface area (Å²) in [6.45, 7) is 3.26. The lowest BCUT2D eigenvalue weighted by Crippen LogP contribution is -2.60. The number of aliphatic hydroxyl groups excluding tert-OH is 3. The average molecular weight is 701 g/mol. The number of hydrogen-bond donors (Lipinski definition) is 4. The summed E-state index contributed by atoms with van der Waals surface area (Å²) in [4.78, 5) is 26.8. The van der Waals surface area contributed by atoms with Crippen LogP contribution >= 0.6 is 0 Å². The van der Waals surface area contributed by atoms with Crippen molar-refractivity contribution >= 4 is 43.5 Å². The van der Waals surface area contributed by atoms with E-state index in [9.17, 15) is 30.0 Å². The van der Waals surface area contributed by atoms with Crippen LogP contribution in [0.1, 0.15) is 30.8 Å². The Morgan fingerprint density at radius 1 is 0.725 bits per heavy atom. The Hall–Kier alpha value is -4.64. The molecule has 1 unspecified atom stereocenters. The number of rotatable bonds is 5. The molecule has 3 aliphatic rings. The van der Waals surface area contributed by atoms with Gasteiger partial charge in [0.2, 0.25) is 6.29 Å². The molecule has 4 N–H and O–H groups in total. The molecule has 51 heavy (non-hydrogen) atoms. The highest BCUT2D eigenvalue weighted by Crippen LogP contribution is 2.46. The third-order valence-corrected chi connectivity index (χ3v) is 9.98. The second kappa shape index (κ2) is 12.0. The molecule has 2 aromatic heterocycles. The molecule has 3 aliphatic heterocycles. The summed E-state index contributed by atoms with van der Waals surface area (Å²) in [5.74, 6) is -0.305. The quantitative estimate of drug-likeness (QED) is 0.116. The van der Waals surface area contributed by atoms with Gasteiger partial charge in [-0.25, -0.2) is 9.59 Å². The molecule has 0 amide bonds. The second-order valence-corrected chi connectivity index (χ2v) is 13.2. The van der Waals surface area contributed by atoms with Crippen LogP contribution in [0, 0.1) is 6.92 Å². The first kappa shape index (κ1) is 32.3. The summed E-state index contributed by atoms with van der Waals surface area (Å²) in [6.07, 6.45) is -11.3. The Labute approximate surface area is 287 Å². The van der Waals surface area contributed by atoms with E-state index >= 15 is 0 Å². The van der Waals surface area contributed by atoms with Crippen LogP contribution in [0.15, 0.2) is 79.1 Å². The van der Waals surface area contributed by atoms with Gasteiger partial charge in [-0.3, -0.25) is 0 Å². The largest absolute Gasteiger partial charge is 0.506 e. The molecule has 4 aromatic carbocycles.